The first-order valence-electron chi connectivity index (χ1n) is 15.8. The van der Waals surface area contributed by atoms with Gasteiger partial charge in [-0.15, -0.1) is 0 Å². The fourth-order valence-corrected chi connectivity index (χ4v) is 9.08. The number of hydrogen-bond acceptors (Lipinski definition) is 11. The Morgan fingerprint density at radius 3 is 1.96 bits per heavy atom. The monoisotopic (exact) mass is 644 g/mol. The van der Waals surface area contributed by atoms with Crippen molar-refractivity contribution in [3.8, 4) is 5.75 Å². The predicted octanol–water partition coefficient (Wildman–Crippen LogP) is 3.27. The van der Waals surface area contributed by atoms with Gasteiger partial charge in [0.25, 0.3) is 0 Å². The first-order chi connectivity index (χ1) is 21.5. The first kappa shape index (κ1) is 36.0. The number of ether oxygens (including phenoxy) is 4. The zero-order valence-corrected chi connectivity index (χ0v) is 28.3. The van der Waals surface area contributed by atoms with Gasteiger partial charge in [0.05, 0.1) is 11.5 Å². The second kappa shape index (κ2) is 13.0. The highest BCUT2D eigenvalue weighted by Crippen LogP contribution is 2.64. The molecular weight excluding hydrogens is 596 g/mol. The van der Waals surface area contributed by atoms with Gasteiger partial charge in [0.1, 0.15) is 17.5 Å². The molecule has 3 unspecified atom stereocenters. The Hall–Kier alpha value is -2.83. The fourth-order valence-electron chi connectivity index (χ4n) is 9.08. The zero-order valence-electron chi connectivity index (χ0n) is 28.3. The molecule has 3 aliphatic carbocycles. The van der Waals surface area contributed by atoms with Crippen LogP contribution < -0.4 is 0 Å². The van der Waals surface area contributed by atoms with Crippen LogP contribution in [0, 0.1) is 40.4 Å². The molecule has 0 heterocycles. The number of hydrogen-bond donors (Lipinski definition) is 2. The van der Waals surface area contributed by atoms with Crippen LogP contribution >= 0.6 is 0 Å². The maximum atomic E-state index is 14.5. The van der Waals surface area contributed by atoms with Crippen LogP contribution in [-0.4, -0.2) is 85.7 Å². The molecule has 11 heteroatoms. The molecule has 0 aliphatic heterocycles. The van der Waals surface area contributed by atoms with E-state index >= 15 is 0 Å². The smallest absolute Gasteiger partial charge is 0.190 e. The van der Waals surface area contributed by atoms with Gasteiger partial charge in [-0.3, -0.25) is 24.0 Å². The fraction of sp³-hybridized carbons (Fsp3) is 0.686. The van der Waals surface area contributed by atoms with E-state index in [1.807, 2.05) is 0 Å². The lowest BCUT2D eigenvalue weighted by atomic mass is 9.40. The van der Waals surface area contributed by atoms with Crippen LogP contribution in [0.1, 0.15) is 75.4 Å². The number of fused-ring (bicyclic) bond motifs is 3. The van der Waals surface area contributed by atoms with Crippen LogP contribution in [0.5, 0.6) is 5.75 Å². The summed E-state index contributed by atoms with van der Waals surface area (Å²) in [6.45, 7) is 7.96. The molecular formula is C35H48O11. The van der Waals surface area contributed by atoms with E-state index in [9.17, 15) is 34.2 Å². The number of benzene rings is 1. The quantitative estimate of drug-likeness (QED) is 0.254. The van der Waals surface area contributed by atoms with Crippen molar-refractivity contribution in [1.82, 2.24) is 0 Å². The molecule has 1 aromatic rings. The molecule has 2 fully saturated rings. The van der Waals surface area contributed by atoms with Gasteiger partial charge >= 0.3 is 0 Å². The van der Waals surface area contributed by atoms with Gasteiger partial charge in [0.2, 0.25) is 0 Å². The van der Waals surface area contributed by atoms with Crippen LogP contribution in [0.3, 0.4) is 0 Å². The number of ketones is 5. The Bertz CT molecular complexity index is 1400. The number of aromatic hydroxyl groups is 1. The molecule has 2 N–H and O–H groups in total. The van der Waals surface area contributed by atoms with Crippen LogP contribution in [0.25, 0.3) is 0 Å². The van der Waals surface area contributed by atoms with Crippen molar-refractivity contribution in [3.63, 3.8) is 0 Å². The predicted molar refractivity (Wildman–Crippen MR) is 165 cm³/mol. The van der Waals surface area contributed by atoms with Gasteiger partial charge in [0.15, 0.2) is 41.3 Å². The van der Waals surface area contributed by atoms with E-state index in [0.29, 0.717) is 24.8 Å². The minimum Gasteiger partial charge on any atom is -0.507 e. The molecule has 2 saturated carbocycles. The van der Waals surface area contributed by atoms with Crippen molar-refractivity contribution < 1.29 is 53.1 Å². The molecule has 0 saturated heterocycles. The lowest BCUT2D eigenvalue weighted by molar-refractivity contribution is -0.205. The molecule has 11 nitrogen and oxygen atoms in total. The van der Waals surface area contributed by atoms with Crippen molar-refractivity contribution in [2.75, 3.05) is 28.4 Å². The third-order valence-electron chi connectivity index (χ3n) is 11.0. The minimum atomic E-state index is -2.73. The lowest BCUT2D eigenvalue weighted by Crippen LogP contribution is -2.76. The molecule has 4 rings (SSSR count). The molecule has 46 heavy (non-hydrogen) atoms. The van der Waals surface area contributed by atoms with Gasteiger partial charge in [-0.2, -0.15) is 0 Å². The molecule has 3 aliphatic rings. The maximum absolute atomic E-state index is 14.5. The van der Waals surface area contributed by atoms with Crippen molar-refractivity contribution in [2.45, 2.75) is 84.9 Å². The van der Waals surface area contributed by atoms with Crippen molar-refractivity contribution in [3.05, 3.63) is 28.8 Å². The third kappa shape index (κ3) is 5.47. The second-order valence-corrected chi connectivity index (χ2v) is 14.3. The molecule has 0 aromatic heterocycles. The summed E-state index contributed by atoms with van der Waals surface area (Å²) < 4.78 is 21.9. The van der Waals surface area contributed by atoms with Crippen LogP contribution in [0.2, 0.25) is 0 Å². The molecule has 0 spiro atoms. The molecule has 0 radical (unpaired) electrons. The van der Waals surface area contributed by atoms with E-state index in [4.69, 9.17) is 18.9 Å². The Balaban J connectivity index is 1.86. The average Bonchev–Trinajstić information content (AvgIpc) is 2.97. The number of phenolic OH excluding ortho intramolecular Hbond substituents is 1. The van der Waals surface area contributed by atoms with Crippen molar-refractivity contribution >= 4 is 28.9 Å². The van der Waals surface area contributed by atoms with E-state index in [2.05, 4.69) is 0 Å². The van der Waals surface area contributed by atoms with Crippen LogP contribution in [0.15, 0.2) is 12.1 Å². The summed E-state index contributed by atoms with van der Waals surface area (Å²) in [7, 11) is 6.18. The molecule has 254 valence electrons. The van der Waals surface area contributed by atoms with Crippen LogP contribution in [0.4, 0.5) is 0 Å². The van der Waals surface area contributed by atoms with Gasteiger partial charge < -0.3 is 29.2 Å². The zero-order chi connectivity index (χ0) is 34.5. The Labute approximate surface area is 270 Å². The number of Topliss-reactive ketones (excluding diaryl/α,β-unsaturated/α-hetero) is 5. The van der Waals surface area contributed by atoms with E-state index in [-0.39, 0.29) is 30.1 Å². The van der Waals surface area contributed by atoms with Crippen molar-refractivity contribution in [1.29, 1.82) is 0 Å². The summed E-state index contributed by atoms with van der Waals surface area (Å²) in [5.74, 6) is -9.28. The SMILES string of the molecule is COC(CC(Cc1ccc(O)c2c1C[C@]1(C)C[C@]3(C)C(C(C)C)C(=O)C(C(C)=O)C(=O)[C@]3(O)C(=O)C1C2=O)CC(OC)OC)OC. The van der Waals surface area contributed by atoms with Gasteiger partial charge in [0, 0.05) is 52.6 Å². The number of carbonyl (C=O) groups excluding carboxylic acids is 5. The summed E-state index contributed by atoms with van der Waals surface area (Å²) in [6.07, 6.45) is 0.514. The Kier molecular flexibility index (Phi) is 10.2. The molecule has 0 bridgehead atoms. The summed E-state index contributed by atoms with van der Waals surface area (Å²) in [5.41, 5.74) is -4.09. The standard InChI is InChI=1S/C35H48O11/c1-17(2)27-29(38)25(18(3)36)31(40)35(42)32(41)28-30(39)26-21(15-33(28,4)16-34(27,35)5)20(10-11-22(26)37)12-19(13-23(43-6)44-7)14-24(45-8)46-9/h10-11,17,19,23-25,27-28,37,42H,12-16H2,1-9H3/t25?,27?,28?,33-,34-,35+/m1/s1. The lowest BCUT2D eigenvalue weighted by Gasteiger charge is -2.62. The van der Waals surface area contributed by atoms with Crippen LogP contribution in [-0.2, 0) is 51.0 Å². The molecule has 6 atom stereocenters. The van der Waals surface area contributed by atoms with Gasteiger partial charge in [-0.1, -0.05) is 33.8 Å². The number of rotatable bonds is 12. The number of carbonyl (C=O) groups is 5. The Morgan fingerprint density at radius 2 is 1.48 bits per heavy atom. The summed E-state index contributed by atoms with van der Waals surface area (Å²) in [5, 5.41) is 23.2. The third-order valence-corrected chi connectivity index (χ3v) is 11.0. The minimum absolute atomic E-state index is 0.00753. The summed E-state index contributed by atoms with van der Waals surface area (Å²) in [6, 6.07) is 3.17. The normalized spacial score (nSPS) is 31.1. The number of phenols is 1. The highest BCUT2D eigenvalue weighted by atomic mass is 16.7. The van der Waals surface area contributed by atoms with Gasteiger partial charge in [-0.05, 0) is 60.6 Å². The largest absolute Gasteiger partial charge is 0.507 e. The average molecular weight is 645 g/mol. The highest BCUT2D eigenvalue weighted by Gasteiger charge is 2.76. The van der Waals surface area contributed by atoms with E-state index in [1.165, 1.54) is 6.07 Å². The van der Waals surface area contributed by atoms with E-state index in [1.54, 1.807) is 62.2 Å². The van der Waals surface area contributed by atoms with E-state index < -0.39 is 81.6 Å². The molecule has 1 aromatic carbocycles. The maximum Gasteiger partial charge on any atom is 0.190 e. The van der Waals surface area contributed by atoms with Crippen molar-refractivity contribution in [2.24, 2.45) is 40.4 Å². The second-order valence-electron chi connectivity index (χ2n) is 14.3. The topological polar surface area (TPSA) is 163 Å². The highest BCUT2D eigenvalue weighted by molar-refractivity contribution is 6.32. The number of aliphatic hydroxyl groups is 1. The number of methoxy groups -OCH3 is 4. The molecule has 0 amide bonds. The summed E-state index contributed by atoms with van der Waals surface area (Å²) in [4.78, 5) is 69.0. The van der Waals surface area contributed by atoms with Gasteiger partial charge in [-0.25, -0.2) is 0 Å². The summed E-state index contributed by atoms with van der Waals surface area (Å²) >= 11 is 0. The first-order valence-corrected chi connectivity index (χ1v) is 15.8. The Morgan fingerprint density at radius 1 is 0.935 bits per heavy atom. The van der Waals surface area contributed by atoms with E-state index in [0.717, 1.165) is 12.5 Å².